The molecule has 92 valence electrons. The average Bonchev–Trinajstić information content (AvgIpc) is 2.91. The first-order valence-corrected chi connectivity index (χ1v) is 5.85. The summed E-state index contributed by atoms with van der Waals surface area (Å²) in [6, 6.07) is 6.06. The van der Waals surface area contributed by atoms with Crippen molar-refractivity contribution in [1.82, 2.24) is 9.55 Å². The van der Waals surface area contributed by atoms with Crippen molar-refractivity contribution in [3.63, 3.8) is 0 Å². The third-order valence-corrected chi connectivity index (χ3v) is 3.11. The van der Waals surface area contributed by atoms with Gasteiger partial charge in [-0.1, -0.05) is 0 Å². The van der Waals surface area contributed by atoms with Crippen LogP contribution in [0.2, 0.25) is 0 Å². The maximum Gasteiger partial charge on any atom is 0.231 e. The van der Waals surface area contributed by atoms with Crippen molar-refractivity contribution in [2.75, 3.05) is 6.79 Å². The number of hydrogen-bond donors (Lipinski definition) is 0. The molecule has 0 radical (unpaired) electrons. The largest absolute Gasteiger partial charge is 0.454 e. The molecule has 1 aromatic heterocycles. The summed E-state index contributed by atoms with van der Waals surface area (Å²) >= 11 is 0. The van der Waals surface area contributed by atoms with E-state index in [0.29, 0.717) is 6.54 Å². The Balaban J connectivity index is 2.14. The highest BCUT2D eigenvalue weighted by molar-refractivity contribution is 5.81. The average molecular weight is 243 g/mol. The van der Waals surface area contributed by atoms with Crippen molar-refractivity contribution in [2.45, 2.75) is 20.4 Å². The fourth-order valence-electron chi connectivity index (χ4n) is 2.18. The number of aromatic nitrogens is 2. The van der Waals surface area contributed by atoms with Gasteiger partial charge in [0.2, 0.25) is 6.79 Å². The molecule has 0 N–H and O–H groups in total. The molecule has 2 aromatic rings. The van der Waals surface area contributed by atoms with E-state index in [9.17, 15) is 0 Å². The monoisotopic (exact) mass is 243 g/mol. The van der Waals surface area contributed by atoms with Gasteiger partial charge in [-0.3, -0.25) is 0 Å². The van der Waals surface area contributed by atoms with E-state index in [4.69, 9.17) is 14.7 Å². The lowest BCUT2D eigenvalue weighted by molar-refractivity contribution is 0.174. The van der Waals surface area contributed by atoms with Gasteiger partial charge in [-0.25, -0.2) is 4.98 Å². The van der Waals surface area contributed by atoms with Crippen molar-refractivity contribution < 1.29 is 9.47 Å². The second-order valence-electron chi connectivity index (χ2n) is 4.49. The summed E-state index contributed by atoms with van der Waals surface area (Å²) in [5, 5.41) is 8.92. The first kappa shape index (κ1) is 10.9. The first-order valence-electron chi connectivity index (χ1n) is 5.85. The molecule has 1 atom stereocenters. The summed E-state index contributed by atoms with van der Waals surface area (Å²) < 4.78 is 12.8. The molecular formula is C13H13N3O2. The predicted molar refractivity (Wildman–Crippen MR) is 65.4 cm³/mol. The smallest absolute Gasteiger partial charge is 0.231 e. The van der Waals surface area contributed by atoms with Crippen molar-refractivity contribution in [1.29, 1.82) is 5.26 Å². The third kappa shape index (κ3) is 1.58. The maximum absolute atomic E-state index is 8.92. The summed E-state index contributed by atoms with van der Waals surface area (Å²) in [5.74, 6) is 2.33. The Labute approximate surface area is 105 Å². The maximum atomic E-state index is 8.92. The minimum absolute atomic E-state index is 0.0495. The molecule has 0 spiro atoms. The summed E-state index contributed by atoms with van der Waals surface area (Å²) in [6.07, 6.45) is 0. The Morgan fingerprint density at radius 3 is 2.89 bits per heavy atom. The van der Waals surface area contributed by atoms with Crippen LogP contribution in [-0.2, 0) is 6.54 Å². The first-order chi connectivity index (χ1) is 8.69. The molecule has 18 heavy (non-hydrogen) atoms. The van der Waals surface area contributed by atoms with Gasteiger partial charge in [-0.15, -0.1) is 0 Å². The van der Waals surface area contributed by atoms with Crippen LogP contribution in [0, 0.1) is 24.2 Å². The lowest BCUT2D eigenvalue weighted by Crippen LogP contribution is -2.07. The van der Waals surface area contributed by atoms with Gasteiger partial charge in [-0.05, 0) is 13.8 Å². The number of benzene rings is 1. The van der Waals surface area contributed by atoms with E-state index in [1.54, 1.807) is 0 Å². The molecule has 5 nitrogen and oxygen atoms in total. The minimum atomic E-state index is -0.0495. The van der Waals surface area contributed by atoms with Gasteiger partial charge >= 0.3 is 0 Å². The number of hydrogen-bond acceptors (Lipinski definition) is 4. The normalized spacial score (nSPS) is 14.7. The number of ether oxygens (including phenoxy) is 2. The van der Waals surface area contributed by atoms with Gasteiger partial charge in [0.15, 0.2) is 11.5 Å². The molecule has 1 unspecified atom stereocenters. The molecule has 0 saturated heterocycles. The molecule has 0 fully saturated rings. The Kier molecular flexibility index (Phi) is 2.37. The highest BCUT2D eigenvalue weighted by Gasteiger charge is 2.18. The van der Waals surface area contributed by atoms with E-state index in [1.165, 1.54) is 0 Å². The van der Waals surface area contributed by atoms with Crippen LogP contribution >= 0.6 is 0 Å². The molecule has 5 heteroatoms. The zero-order chi connectivity index (χ0) is 12.7. The van der Waals surface area contributed by atoms with E-state index in [2.05, 4.69) is 11.1 Å². The van der Waals surface area contributed by atoms with Crippen LogP contribution in [0.25, 0.3) is 11.0 Å². The Morgan fingerprint density at radius 1 is 1.44 bits per heavy atom. The predicted octanol–water partition coefficient (Wildman–Crippen LogP) is 2.23. The molecule has 3 rings (SSSR count). The standard InChI is InChI=1S/C13H13N3O2/c1-8(5-14)6-16-9(2)15-10-3-12-13(4-11(10)16)18-7-17-12/h3-4,8H,6-7H2,1-2H3. The topological polar surface area (TPSA) is 60.1 Å². The molecule has 1 aliphatic heterocycles. The van der Waals surface area contributed by atoms with Crippen molar-refractivity contribution >= 4 is 11.0 Å². The molecule has 2 heterocycles. The summed E-state index contributed by atoms with van der Waals surface area (Å²) in [4.78, 5) is 4.50. The van der Waals surface area contributed by atoms with Gasteiger partial charge < -0.3 is 14.0 Å². The van der Waals surface area contributed by atoms with Crippen LogP contribution in [0.15, 0.2) is 12.1 Å². The highest BCUT2D eigenvalue weighted by atomic mass is 16.7. The fraction of sp³-hybridized carbons (Fsp3) is 0.385. The van der Waals surface area contributed by atoms with E-state index in [1.807, 2.05) is 30.5 Å². The number of nitrogens with zero attached hydrogens (tertiary/aromatic N) is 3. The molecule has 1 aliphatic rings. The number of rotatable bonds is 2. The van der Waals surface area contributed by atoms with Crippen LogP contribution in [0.4, 0.5) is 0 Å². The quantitative estimate of drug-likeness (QED) is 0.811. The molecular weight excluding hydrogens is 230 g/mol. The molecule has 0 amide bonds. The second-order valence-corrected chi connectivity index (χ2v) is 4.49. The van der Waals surface area contributed by atoms with Gasteiger partial charge in [0.1, 0.15) is 5.82 Å². The molecule has 0 aliphatic carbocycles. The number of imidazole rings is 1. The van der Waals surface area contributed by atoms with E-state index in [-0.39, 0.29) is 12.7 Å². The summed E-state index contributed by atoms with van der Waals surface area (Å²) in [6.45, 7) is 4.74. The SMILES string of the molecule is Cc1nc2cc3c(cc2n1CC(C)C#N)OCO3. The minimum Gasteiger partial charge on any atom is -0.454 e. The van der Waals surface area contributed by atoms with E-state index < -0.39 is 0 Å². The van der Waals surface area contributed by atoms with Crippen molar-refractivity contribution in [3.8, 4) is 17.6 Å². The lowest BCUT2D eigenvalue weighted by atomic mass is 10.2. The van der Waals surface area contributed by atoms with Crippen LogP contribution in [0.3, 0.4) is 0 Å². The third-order valence-electron chi connectivity index (χ3n) is 3.11. The van der Waals surface area contributed by atoms with Gasteiger partial charge in [0.25, 0.3) is 0 Å². The Bertz CT molecular complexity index is 654. The van der Waals surface area contributed by atoms with Gasteiger partial charge in [0, 0.05) is 18.7 Å². The Morgan fingerprint density at radius 2 is 2.17 bits per heavy atom. The van der Waals surface area contributed by atoms with Crippen LogP contribution in [0.5, 0.6) is 11.5 Å². The number of nitriles is 1. The van der Waals surface area contributed by atoms with E-state index >= 15 is 0 Å². The van der Waals surface area contributed by atoms with Crippen LogP contribution < -0.4 is 9.47 Å². The second kappa shape index (κ2) is 3.91. The number of fused-ring (bicyclic) bond motifs is 2. The molecule has 1 aromatic carbocycles. The molecule has 0 bridgehead atoms. The lowest BCUT2D eigenvalue weighted by Gasteiger charge is -2.08. The summed E-state index contributed by atoms with van der Waals surface area (Å²) in [7, 11) is 0. The number of aryl methyl sites for hydroxylation is 1. The van der Waals surface area contributed by atoms with Gasteiger partial charge in [0.05, 0.1) is 23.0 Å². The van der Waals surface area contributed by atoms with Gasteiger partial charge in [-0.2, -0.15) is 5.26 Å². The van der Waals surface area contributed by atoms with Crippen LogP contribution in [0.1, 0.15) is 12.7 Å². The van der Waals surface area contributed by atoms with Crippen molar-refractivity contribution in [3.05, 3.63) is 18.0 Å². The highest BCUT2D eigenvalue weighted by Crippen LogP contribution is 2.36. The molecule has 0 saturated carbocycles. The fourth-order valence-corrected chi connectivity index (χ4v) is 2.18. The summed E-state index contributed by atoms with van der Waals surface area (Å²) in [5.41, 5.74) is 1.86. The zero-order valence-electron chi connectivity index (χ0n) is 10.3. The van der Waals surface area contributed by atoms with E-state index in [0.717, 1.165) is 28.4 Å². The van der Waals surface area contributed by atoms with Crippen LogP contribution in [-0.4, -0.2) is 16.3 Å². The zero-order valence-corrected chi connectivity index (χ0v) is 10.3. The Hall–Kier alpha value is -2.22. The van der Waals surface area contributed by atoms with Crippen molar-refractivity contribution in [2.24, 2.45) is 5.92 Å².